The zero-order valence-corrected chi connectivity index (χ0v) is 19.5. The number of nitrogens with zero attached hydrogens (tertiary/aromatic N) is 2. The molecule has 0 bridgehead atoms. The minimum atomic E-state index is -0.0281. The summed E-state index contributed by atoms with van der Waals surface area (Å²) in [6.45, 7) is 1.08. The lowest BCUT2D eigenvalue weighted by Crippen LogP contribution is -2.23. The molecule has 0 saturated heterocycles. The lowest BCUT2D eigenvalue weighted by atomic mass is 10.1. The van der Waals surface area contributed by atoms with Crippen LogP contribution in [0.1, 0.15) is 23.1 Å². The van der Waals surface area contributed by atoms with Crippen molar-refractivity contribution in [3.05, 3.63) is 102 Å². The van der Waals surface area contributed by atoms with E-state index < -0.39 is 0 Å². The Balaban J connectivity index is 1.45. The van der Waals surface area contributed by atoms with Gasteiger partial charge in [-0.3, -0.25) is 9.48 Å². The highest BCUT2D eigenvalue weighted by Gasteiger charge is 2.14. The fourth-order valence-electron chi connectivity index (χ4n) is 3.96. The van der Waals surface area contributed by atoms with E-state index in [9.17, 15) is 4.79 Å². The van der Waals surface area contributed by atoms with Crippen molar-refractivity contribution in [3.63, 3.8) is 0 Å². The van der Waals surface area contributed by atoms with Crippen LogP contribution >= 0.6 is 0 Å². The van der Waals surface area contributed by atoms with E-state index in [1.54, 1.807) is 14.2 Å². The number of benzene rings is 3. The minimum absolute atomic E-state index is 0.0281. The summed E-state index contributed by atoms with van der Waals surface area (Å²) in [5.41, 5.74) is 5.01. The number of hydrogen-bond donors (Lipinski definition) is 1. The van der Waals surface area contributed by atoms with Crippen LogP contribution in [0, 0.1) is 0 Å². The number of aryl methyl sites for hydroxylation is 1. The molecule has 0 fully saturated rings. The van der Waals surface area contributed by atoms with Crippen LogP contribution in [0.5, 0.6) is 11.5 Å². The third kappa shape index (κ3) is 5.64. The van der Waals surface area contributed by atoms with Crippen molar-refractivity contribution in [2.75, 3.05) is 14.2 Å². The van der Waals surface area contributed by atoms with Crippen LogP contribution in [0.4, 0.5) is 0 Å². The smallest absolute Gasteiger partial charge is 0.220 e. The summed E-state index contributed by atoms with van der Waals surface area (Å²) >= 11 is 0. The average molecular weight is 456 g/mol. The Morgan fingerprint density at radius 3 is 2.32 bits per heavy atom. The predicted molar refractivity (Wildman–Crippen MR) is 133 cm³/mol. The summed E-state index contributed by atoms with van der Waals surface area (Å²) < 4.78 is 12.8. The second-order valence-corrected chi connectivity index (χ2v) is 7.98. The van der Waals surface area contributed by atoms with Crippen LogP contribution < -0.4 is 14.8 Å². The monoisotopic (exact) mass is 455 g/mol. The predicted octanol–water partition coefficient (Wildman–Crippen LogP) is 4.86. The van der Waals surface area contributed by atoms with Crippen LogP contribution in [0.15, 0.2) is 85.1 Å². The van der Waals surface area contributed by atoms with E-state index >= 15 is 0 Å². The topological polar surface area (TPSA) is 65.4 Å². The number of ether oxygens (including phenoxy) is 2. The molecule has 6 nitrogen and oxygen atoms in total. The molecule has 4 aromatic rings. The van der Waals surface area contributed by atoms with Gasteiger partial charge in [0.2, 0.25) is 5.91 Å². The van der Waals surface area contributed by atoms with Crippen molar-refractivity contribution in [2.24, 2.45) is 0 Å². The molecule has 1 N–H and O–H groups in total. The molecular weight excluding hydrogens is 426 g/mol. The van der Waals surface area contributed by atoms with Crippen LogP contribution in [-0.4, -0.2) is 29.9 Å². The molecule has 1 aromatic heterocycles. The van der Waals surface area contributed by atoms with Crippen molar-refractivity contribution in [1.82, 2.24) is 15.1 Å². The van der Waals surface area contributed by atoms with Crippen molar-refractivity contribution in [3.8, 4) is 22.8 Å². The zero-order chi connectivity index (χ0) is 23.8. The molecule has 0 saturated carbocycles. The van der Waals surface area contributed by atoms with Gasteiger partial charge in [-0.15, -0.1) is 0 Å². The Kier molecular flexibility index (Phi) is 7.60. The van der Waals surface area contributed by atoms with Gasteiger partial charge in [-0.1, -0.05) is 72.8 Å². The summed E-state index contributed by atoms with van der Waals surface area (Å²) in [5, 5.41) is 7.88. The van der Waals surface area contributed by atoms with E-state index in [0.717, 1.165) is 22.4 Å². The third-order valence-corrected chi connectivity index (χ3v) is 5.65. The van der Waals surface area contributed by atoms with Gasteiger partial charge in [0.15, 0.2) is 11.5 Å². The lowest BCUT2D eigenvalue weighted by molar-refractivity contribution is -0.121. The second kappa shape index (κ2) is 11.2. The molecule has 1 heterocycles. The molecular formula is C28H29N3O3. The molecule has 6 heteroatoms. The lowest BCUT2D eigenvalue weighted by Gasteiger charge is -2.12. The second-order valence-electron chi connectivity index (χ2n) is 7.98. The Hall–Kier alpha value is -4.06. The Morgan fingerprint density at radius 1 is 0.882 bits per heavy atom. The van der Waals surface area contributed by atoms with Crippen molar-refractivity contribution < 1.29 is 14.3 Å². The number of carbonyl (C=O) groups excluding carboxylic acids is 1. The van der Waals surface area contributed by atoms with Crippen molar-refractivity contribution >= 4 is 5.91 Å². The highest BCUT2D eigenvalue weighted by molar-refractivity contribution is 5.76. The zero-order valence-electron chi connectivity index (χ0n) is 19.5. The van der Waals surface area contributed by atoms with E-state index in [0.29, 0.717) is 37.4 Å². The van der Waals surface area contributed by atoms with Crippen LogP contribution in [0.2, 0.25) is 0 Å². The highest BCUT2D eigenvalue weighted by Crippen LogP contribution is 2.31. The van der Waals surface area contributed by atoms with Crippen LogP contribution in [0.3, 0.4) is 0 Å². The number of methoxy groups -OCH3 is 2. The fraction of sp³-hybridized carbons (Fsp3) is 0.214. The maximum Gasteiger partial charge on any atom is 0.220 e. The summed E-state index contributed by atoms with van der Waals surface area (Å²) in [4.78, 5) is 12.7. The van der Waals surface area contributed by atoms with Crippen LogP contribution in [0.25, 0.3) is 11.3 Å². The van der Waals surface area contributed by atoms with E-state index in [-0.39, 0.29) is 5.91 Å². The van der Waals surface area contributed by atoms with E-state index in [4.69, 9.17) is 14.6 Å². The molecule has 4 rings (SSSR count). The number of nitrogens with one attached hydrogen (secondary N) is 1. The van der Waals surface area contributed by atoms with Gasteiger partial charge in [0, 0.05) is 30.3 Å². The number of hydrogen-bond acceptors (Lipinski definition) is 4. The Bertz CT molecular complexity index is 1220. The maximum absolute atomic E-state index is 12.7. The largest absolute Gasteiger partial charge is 0.493 e. The average Bonchev–Trinajstić information content (AvgIpc) is 3.29. The van der Waals surface area contributed by atoms with E-state index in [2.05, 4.69) is 17.4 Å². The van der Waals surface area contributed by atoms with Gasteiger partial charge < -0.3 is 14.8 Å². The molecule has 1 amide bonds. The van der Waals surface area contributed by atoms with Gasteiger partial charge in [-0.25, -0.2) is 0 Å². The first-order valence-electron chi connectivity index (χ1n) is 11.3. The van der Waals surface area contributed by atoms with E-state index in [1.807, 2.05) is 77.6 Å². The highest BCUT2D eigenvalue weighted by atomic mass is 16.5. The quantitative estimate of drug-likeness (QED) is 0.371. The third-order valence-electron chi connectivity index (χ3n) is 5.65. The summed E-state index contributed by atoms with van der Waals surface area (Å²) in [6, 6.07) is 26.0. The Morgan fingerprint density at radius 2 is 1.62 bits per heavy atom. The number of para-hydroxylation sites is 1. The molecule has 0 spiro atoms. The first-order valence-corrected chi connectivity index (χ1v) is 11.3. The molecule has 0 aliphatic heterocycles. The number of carbonyl (C=O) groups is 1. The number of aromatic nitrogens is 2. The number of rotatable bonds is 10. The maximum atomic E-state index is 12.7. The van der Waals surface area contributed by atoms with Crippen LogP contribution in [-0.2, 0) is 24.3 Å². The van der Waals surface area contributed by atoms with Gasteiger partial charge in [0.1, 0.15) is 0 Å². The van der Waals surface area contributed by atoms with Gasteiger partial charge in [-0.2, -0.15) is 5.10 Å². The fourth-order valence-corrected chi connectivity index (χ4v) is 3.96. The SMILES string of the molecule is COc1cccc(CCC(=O)NCc2cn(Cc3ccccc3)nc2-c2ccccc2)c1OC. The molecule has 3 aromatic carbocycles. The van der Waals surface area contributed by atoms with Crippen molar-refractivity contribution in [1.29, 1.82) is 0 Å². The first-order chi connectivity index (χ1) is 16.7. The summed E-state index contributed by atoms with van der Waals surface area (Å²) in [7, 11) is 3.22. The van der Waals surface area contributed by atoms with E-state index in [1.165, 1.54) is 5.56 Å². The van der Waals surface area contributed by atoms with Gasteiger partial charge >= 0.3 is 0 Å². The molecule has 0 radical (unpaired) electrons. The molecule has 34 heavy (non-hydrogen) atoms. The standard InChI is InChI=1S/C28H29N3O3/c1-33-25-15-9-14-23(28(25)34-2)16-17-26(32)29-18-24-20-31(19-21-10-5-3-6-11-21)30-27(24)22-12-7-4-8-13-22/h3-15,20H,16-19H2,1-2H3,(H,29,32). The first kappa shape index (κ1) is 23.1. The molecule has 174 valence electrons. The normalized spacial score (nSPS) is 10.6. The molecule has 0 unspecified atom stereocenters. The molecule has 0 atom stereocenters. The van der Waals surface area contributed by atoms with Gasteiger partial charge in [0.05, 0.1) is 26.5 Å². The number of amides is 1. The summed E-state index contributed by atoms with van der Waals surface area (Å²) in [6.07, 6.45) is 2.92. The minimum Gasteiger partial charge on any atom is -0.493 e. The Labute approximate surface area is 200 Å². The molecule has 0 aliphatic carbocycles. The van der Waals surface area contributed by atoms with Gasteiger partial charge in [-0.05, 0) is 23.6 Å². The van der Waals surface area contributed by atoms with Crippen molar-refractivity contribution in [2.45, 2.75) is 25.9 Å². The molecule has 0 aliphatic rings. The van der Waals surface area contributed by atoms with Gasteiger partial charge in [0.25, 0.3) is 0 Å². The summed E-state index contributed by atoms with van der Waals surface area (Å²) in [5.74, 6) is 1.31.